The van der Waals surface area contributed by atoms with Crippen LogP contribution in [-0.4, -0.2) is 64.0 Å². The van der Waals surface area contributed by atoms with Crippen molar-refractivity contribution in [2.75, 3.05) is 41.0 Å². The normalized spacial score (nSPS) is 28.1. The van der Waals surface area contributed by atoms with Crippen LogP contribution in [-0.2, 0) is 4.74 Å². The number of hydrogen-bond acceptors (Lipinski definition) is 4. The maximum absolute atomic E-state index is 6.02. The van der Waals surface area contributed by atoms with Crippen LogP contribution in [0.5, 0.6) is 11.5 Å². The maximum atomic E-state index is 6.02. The summed E-state index contributed by atoms with van der Waals surface area (Å²) < 4.78 is 17.1. The Morgan fingerprint density at radius 2 is 2.04 bits per heavy atom. The van der Waals surface area contributed by atoms with Gasteiger partial charge in [0.15, 0.2) is 5.96 Å². The summed E-state index contributed by atoms with van der Waals surface area (Å²) in [7, 11) is 5.60. The van der Waals surface area contributed by atoms with Gasteiger partial charge >= 0.3 is 0 Å². The molecule has 148 valence electrons. The number of hydrogen-bond donors (Lipinski definition) is 1. The molecule has 3 atom stereocenters. The van der Waals surface area contributed by atoms with Crippen LogP contribution >= 0.6 is 0 Å². The predicted octanol–water partition coefficient (Wildman–Crippen LogP) is 2.54. The van der Waals surface area contributed by atoms with E-state index in [1.54, 1.807) is 7.11 Å². The second-order valence-corrected chi connectivity index (χ2v) is 7.95. The lowest BCUT2D eigenvalue weighted by Crippen LogP contribution is -2.72. The molecule has 27 heavy (non-hydrogen) atoms. The number of rotatable bonds is 6. The topological polar surface area (TPSA) is 55.3 Å². The quantitative estimate of drug-likeness (QED) is 0.613. The zero-order valence-corrected chi connectivity index (χ0v) is 16.6. The van der Waals surface area contributed by atoms with Crippen molar-refractivity contribution in [3.05, 3.63) is 24.3 Å². The molecule has 1 aromatic carbocycles. The molecule has 6 nitrogen and oxygen atoms in total. The monoisotopic (exact) mass is 373 g/mol. The summed E-state index contributed by atoms with van der Waals surface area (Å²) >= 11 is 0. The Morgan fingerprint density at radius 1 is 1.30 bits per heavy atom. The standard InChI is InChI=1S/C21H31N3O3/c1-22-20(23-18-17-9-13-27-19(17)21(18)10-4-11-21)24(2)12-14-26-16-7-5-15(25-3)6-8-16/h5-8,17-19H,4,9-14H2,1-3H3,(H,22,23). The summed E-state index contributed by atoms with van der Waals surface area (Å²) in [6.45, 7) is 2.30. The van der Waals surface area contributed by atoms with Crippen LogP contribution in [0.4, 0.5) is 0 Å². The smallest absolute Gasteiger partial charge is 0.193 e. The number of benzene rings is 1. The van der Waals surface area contributed by atoms with Gasteiger partial charge in [-0.25, -0.2) is 0 Å². The van der Waals surface area contributed by atoms with Gasteiger partial charge in [-0.2, -0.15) is 0 Å². The highest BCUT2D eigenvalue weighted by atomic mass is 16.5. The molecule has 1 heterocycles. The Hall–Kier alpha value is -1.95. The minimum Gasteiger partial charge on any atom is -0.497 e. The lowest BCUT2D eigenvalue weighted by Gasteiger charge is -2.63. The van der Waals surface area contributed by atoms with Crippen molar-refractivity contribution in [3.8, 4) is 11.5 Å². The molecular formula is C21H31N3O3. The average Bonchev–Trinajstić information content (AvgIpc) is 3.06. The number of nitrogens with zero attached hydrogens (tertiary/aromatic N) is 2. The molecule has 0 radical (unpaired) electrons. The first-order valence-corrected chi connectivity index (χ1v) is 10.0. The number of aliphatic imine (C=N–C) groups is 1. The van der Waals surface area contributed by atoms with Gasteiger partial charge in [0.05, 0.1) is 19.8 Å². The van der Waals surface area contributed by atoms with E-state index in [1.165, 1.54) is 25.7 Å². The van der Waals surface area contributed by atoms with Crippen molar-refractivity contribution in [3.63, 3.8) is 0 Å². The Kier molecular flexibility index (Phi) is 5.17. The summed E-state index contributed by atoms with van der Waals surface area (Å²) in [5, 5.41) is 3.75. The number of nitrogens with one attached hydrogen (secondary N) is 1. The van der Waals surface area contributed by atoms with E-state index in [2.05, 4.69) is 22.3 Å². The van der Waals surface area contributed by atoms with Gasteiger partial charge in [0.1, 0.15) is 18.1 Å². The van der Waals surface area contributed by atoms with E-state index in [0.29, 0.717) is 30.1 Å². The van der Waals surface area contributed by atoms with Crippen molar-refractivity contribution in [1.29, 1.82) is 0 Å². The molecule has 1 aromatic rings. The molecule has 3 aliphatic rings. The molecule has 1 spiro atoms. The van der Waals surface area contributed by atoms with Crippen LogP contribution < -0.4 is 14.8 Å². The Labute approximate surface area is 161 Å². The van der Waals surface area contributed by atoms with Crippen molar-refractivity contribution in [1.82, 2.24) is 10.2 Å². The summed E-state index contributed by atoms with van der Waals surface area (Å²) in [5.41, 5.74) is 0.359. The van der Waals surface area contributed by atoms with Crippen LogP contribution in [0.15, 0.2) is 29.3 Å². The second kappa shape index (κ2) is 7.58. The first-order valence-electron chi connectivity index (χ1n) is 10.0. The van der Waals surface area contributed by atoms with E-state index in [-0.39, 0.29) is 0 Å². The highest BCUT2D eigenvalue weighted by molar-refractivity contribution is 5.80. The number of ether oxygens (including phenoxy) is 3. The first kappa shape index (κ1) is 18.4. The van der Waals surface area contributed by atoms with Crippen molar-refractivity contribution in [2.45, 2.75) is 37.8 Å². The molecule has 1 N–H and O–H groups in total. The third-order valence-electron chi connectivity index (χ3n) is 6.65. The van der Waals surface area contributed by atoms with Crippen LogP contribution in [0.1, 0.15) is 25.7 Å². The van der Waals surface area contributed by atoms with Crippen LogP contribution in [0.3, 0.4) is 0 Å². The largest absolute Gasteiger partial charge is 0.497 e. The lowest BCUT2D eigenvalue weighted by atomic mass is 9.46. The fourth-order valence-electron chi connectivity index (χ4n) is 5.02. The molecule has 0 aromatic heterocycles. The van der Waals surface area contributed by atoms with Gasteiger partial charge in [0, 0.05) is 38.1 Å². The Balaban J connectivity index is 1.29. The van der Waals surface area contributed by atoms with Gasteiger partial charge in [-0.15, -0.1) is 0 Å². The van der Waals surface area contributed by atoms with Gasteiger partial charge in [-0.05, 0) is 43.5 Å². The van der Waals surface area contributed by atoms with Crippen LogP contribution in [0, 0.1) is 11.3 Å². The van der Waals surface area contributed by atoms with Gasteiger partial charge in [0.2, 0.25) is 0 Å². The van der Waals surface area contributed by atoms with Gasteiger partial charge in [0.25, 0.3) is 0 Å². The fraction of sp³-hybridized carbons (Fsp3) is 0.667. The van der Waals surface area contributed by atoms with E-state index in [4.69, 9.17) is 14.2 Å². The van der Waals surface area contributed by atoms with Crippen LogP contribution in [0.2, 0.25) is 0 Å². The molecule has 0 bridgehead atoms. The van der Waals surface area contributed by atoms with Gasteiger partial charge < -0.3 is 24.4 Å². The van der Waals surface area contributed by atoms with Crippen molar-refractivity contribution < 1.29 is 14.2 Å². The van der Waals surface area contributed by atoms with E-state index in [9.17, 15) is 0 Å². The van der Waals surface area contributed by atoms with Crippen molar-refractivity contribution >= 4 is 5.96 Å². The Morgan fingerprint density at radius 3 is 2.67 bits per heavy atom. The summed E-state index contributed by atoms with van der Waals surface area (Å²) in [5.74, 6) is 3.29. The molecule has 1 saturated heterocycles. The van der Waals surface area contributed by atoms with Crippen molar-refractivity contribution in [2.24, 2.45) is 16.3 Å². The molecule has 2 aliphatic carbocycles. The molecule has 1 aliphatic heterocycles. The minimum atomic E-state index is 0.359. The molecule has 0 amide bonds. The molecule has 2 saturated carbocycles. The molecule has 6 heteroatoms. The third-order valence-corrected chi connectivity index (χ3v) is 6.65. The van der Waals surface area contributed by atoms with Gasteiger partial charge in [-0.1, -0.05) is 6.42 Å². The third kappa shape index (κ3) is 3.24. The zero-order chi connectivity index (χ0) is 18.9. The highest BCUT2D eigenvalue weighted by Crippen LogP contribution is 2.62. The van der Waals surface area contributed by atoms with E-state index >= 15 is 0 Å². The average molecular weight is 373 g/mol. The molecule has 3 unspecified atom stereocenters. The van der Waals surface area contributed by atoms with E-state index < -0.39 is 0 Å². The van der Waals surface area contributed by atoms with E-state index in [1.807, 2.05) is 31.3 Å². The molecule has 4 rings (SSSR count). The first-order chi connectivity index (χ1) is 13.2. The molecule has 3 fully saturated rings. The number of likely N-dealkylation sites (N-methyl/N-ethyl adjacent to an activating group) is 1. The number of guanidine groups is 1. The maximum Gasteiger partial charge on any atom is 0.193 e. The number of methoxy groups -OCH3 is 1. The molecular weight excluding hydrogens is 342 g/mol. The van der Waals surface area contributed by atoms with Crippen LogP contribution in [0.25, 0.3) is 0 Å². The second-order valence-electron chi connectivity index (χ2n) is 7.95. The zero-order valence-electron chi connectivity index (χ0n) is 16.6. The highest BCUT2D eigenvalue weighted by Gasteiger charge is 2.66. The minimum absolute atomic E-state index is 0.359. The predicted molar refractivity (Wildman–Crippen MR) is 106 cm³/mol. The number of fused-ring (bicyclic) bond motifs is 2. The van der Waals surface area contributed by atoms with Gasteiger partial charge in [-0.3, -0.25) is 4.99 Å². The van der Waals surface area contributed by atoms with E-state index in [0.717, 1.165) is 30.6 Å². The summed E-state index contributed by atoms with van der Waals surface area (Å²) in [6, 6.07) is 8.19. The Bertz CT molecular complexity index is 672. The fourth-order valence-corrected chi connectivity index (χ4v) is 5.02. The summed E-state index contributed by atoms with van der Waals surface area (Å²) in [6.07, 6.45) is 5.55. The summed E-state index contributed by atoms with van der Waals surface area (Å²) in [4.78, 5) is 6.67. The SMILES string of the molecule is CN=C(NC1C2CCOC2C12CCC2)N(C)CCOc1ccc(OC)cc1. The lowest BCUT2D eigenvalue weighted by molar-refractivity contribution is -0.171.